The maximum atomic E-state index is 6.45. The van der Waals surface area contributed by atoms with E-state index in [1.807, 2.05) is 18.5 Å². The predicted octanol–water partition coefficient (Wildman–Crippen LogP) is 4.43. The minimum Gasteiger partial charge on any atom is -0.444 e. The number of anilines is 1. The zero-order valence-electron chi connectivity index (χ0n) is 18.1. The number of aromatic nitrogens is 3. The Labute approximate surface area is 184 Å². The molecule has 3 heterocycles. The van der Waals surface area contributed by atoms with Gasteiger partial charge in [0.1, 0.15) is 5.76 Å². The van der Waals surface area contributed by atoms with Crippen LogP contribution >= 0.6 is 0 Å². The lowest BCUT2D eigenvalue weighted by Gasteiger charge is -2.34. The normalized spacial score (nSPS) is 18.4. The van der Waals surface area contributed by atoms with Gasteiger partial charge in [0.2, 0.25) is 5.95 Å². The Kier molecular flexibility index (Phi) is 6.25. The first-order valence-electron chi connectivity index (χ1n) is 11.6. The molecule has 162 valence electrons. The van der Waals surface area contributed by atoms with Gasteiger partial charge in [-0.25, -0.2) is 15.0 Å². The lowest BCUT2D eigenvalue weighted by atomic mass is 9.89. The Hall–Kier alpha value is -2.73. The summed E-state index contributed by atoms with van der Waals surface area (Å²) in [7, 11) is 0. The third-order valence-electron chi connectivity index (χ3n) is 6.54. The Balaban J connectivity index is 1.29. The molecule has 1 aromatic carbocycles. The molecule has 0 unspecified atom stereocenters. The maximum absolute atomic E-state index is 6.45. The van der Waals surface area contributed by atoms with Crippen LogP contribution in [0.5, 0.6) is 0 Å². The van der Waals surface area contributed by atoms with Gasteiger partial charge in [0, 0.05) is 50.9 Å². The van der Waals surface area contributed by atoms with Crippen LogP contribution < -0.4 is 4.90 Å². The van der Waals surface area contributed by atoms with Crippen molar-refractivity contribution in [2.24, 2.45) is 0 Å². The molecular formula is C25H31N5O. The lowest BCUT2D eigenvalue weighted by Crippen LogP contribution is -2.46. The van der Waals surface area contributed by atoms with Crippen molar-refractivity contribution in [3.05, 3.63) is 71.7 Å². The molecule has 6 nitrogen and oxygen atoms in total. The second-order valence-corrected chi connectivity index (χ2v) is 8.73. The van der Waals surface area contributed by atoms with Gasteiger partial charge in [-0.1, -0.05) is 49.6 Å². The lowest BCUT2D eigenvalue weighted by molar-refractivity contribution is 0.223. The first kappa shape index (κ1) is 20.2. The molecule has 3 aromatic rings. The molecule has 2 aromatic heterocycles. The summed E-state index contributed by atoms with van der Waals surface area (Å²) < 4.78 is 6.45. The van der Waals surface area contributed by atoms with E-state index in [2.05, 4.69) is 50.1 Å². The second kappa shape index (κ2) is 9.60. The van der Waals surface area contributed by atoms with E-state index in [0.717, 1.165) is 62.4 Å². The standard InChI is InChI=1S/C25H31N5O/c1-3-8-20(9-4-1)18-22-23(31-24(28-22)21-10-5-2-6-11-21)19-29-14-16-30(17-15-29)25-26-12-7-13-27-25/h1,3-4,7-9,12-13,21H,2,5-6,10-11,14-19H2. The van der Waals surface area contributed by atoms with Crippen LogP contribution in [0.2, 0.25) is 0 Å². The van der Waals surface area contributed by atoms with Gasteiger partial charge < -0.3 is 9.32 Å². The van der Waals surface area contributed by atoms with Gasteiger partial charge in [-0.15, -0.1) is 0 Å². The largest absolute Gasteiger partial charge is 0.444 e. The fraction of sp³-hybridized carbons (Fsp3) is 0.480. The van der Waals surface area contributed by atoms with Crippen molar-refractivity contribution in [2.75, 3.05) is 31.1 Å². The van der Waals surface area contributed by atoms with Crippen molar-refractivity contribution >= 4 is 5.95 Å². The summed E-state index contributed by atoms with van der Waals surface area (Å²) >= 11 is 0. The van der Waals surface area contributed by atoms with E-state index in [-0.39, 0.29) is 0 Å². The van der Waals surface area contributed by atoms with Crippen LogP contribution in [0.25, 0.3) is 0 Å². The van der Waals surface area contributed by atoms with Gasteiger partial charge >= 0.3 is 0 Å². The molecule has 0 amide bonds. The SMILES string of the molecule is c1ccc(Cc2nc(C3CCCCC3)oc2CN2CCN(c3ncccn3)CC2)cc1. The zero-order chi connectivity index (χ0) is 20.9. The molecule has 1 saturated carbocycles. The molecule has 31 heavy (non-hydrogen) atoms. The van der Waals surface area contributed by atoms with Crippen molar-refractivity contribution in [2.45, 2.75) is 51.0 Å². The number of rotatable bonds is 6. The summed E-state index contributed by atoms with van der Waals surface area (Å²) in [5, 5.41) is 0. The zero-order valence-corrected chi connectivity index (χ0v) is 18.1. The number of piperazine rings is 1. The summed E-state index contributed by atoms with van der Waals surface area (Å²) in [6.45, 7) is 4.64. The highest BCUT2D eigenvalue weighted by Gasteiger charge is 2.26. The molecule has 0 atom stereocenters. The van der Waals surface area contributed by atoms with E-state index >= 15 is 0 Å². The molecule has 6 heteroatoms. The third kappa shape index (κ3) is 4.96. The van der Waals surface area contributed by atoms with Gasteiger partial charge in [0.05, 0.1) is 12.2 Å². The molecule has 1 saturated heterocycles. The average molecular weight is 418 g/mol. The molecule has 2 fully saturated rings. The monoisotopic (exact) mass is 417 g/mol. The van der Waals surface area contributed by atoms with Crippen LogP contribution in [0.4, 0.5) is 5.95 Å². The molecule has 0 bridgehead atoms. The fourth-order valence-corrected chi connectivity index (χ4v) is 4.74. The quantitative estimate of drug-likeness (QED) is 0.592. The molecule has 0 radical (unpaired) electrons. The molecule has 1 aliphatic carbocycles. The van der Waals surface area contributed by atoms with E-state index < -0.39 is 0 Å². The van der Waals surface area contributed by atoms with E-state index in [4.69, 9.17) is 9.40 Å². The van der Waals surface area contributed by atoms with Crippen LogP contribution in [-0.4, -0.2) is 46.0 Å². The van der Waals surface area contributed by atoms with Gasteiger partial charge in [0.25, 0.3) is 0 Å². The molecule has 2 aliphatic rings. The summed E-state index contributed by atoms with van der Waals surface area (Å²) in [5.74, 6) is 3.33. The topological polar surface area (TPSA) is 58.3 Å². The van der Waals surface area contributed by atoms with Gasteiger partial charge in [-0.3, -0.25) is 4.90 Å². The molecule has 1 aliphatic heterocycles. The first-order chi connectivity index (χ1) is 15.3. The highest BCUT2D eigenvalue weighted by molar-refractivity contribution is 5.29. The van der Waals surface area contributed by atoms with E-state index in [9.17, 15) is 0 Å². The second-order valence-electron chi connectivity index (χ2n) is 8.73. The highest BCUT2D eigenvalue weighted by atomic mass is 16.4. The Morgan fingerprint density at radius 1 is 0.871 bits per heavy atom. The number of oxazole rings is 1. The van der Waals surface area contributed by atoms with Crippen molar-refractivity contribution in [3.63, 3.8) is 0 Å². The smallest absolute Gasteiger partial charge is 0.225 e. The van der Waals surface area contributed by atoms with Crippen LogP contribution in [-0.2, 0) is 13.0 Å². The Morgan fingerprint density at radius 2 is 1.61 bits per heavy atom. The Bertz CT molecular complexity index is 945. The number of hydrogen-bond donors (Lipinski definition) is 0. The minimum absolute atomic E-state index is 0.490. The van der Waals surface area contributed by atoms with Crippen LogP contribution in [0, 0.1) is 0 Å². The highest BCUT2D eigenvalue weighted by Crippen LogP contribution is 2.34. The van der Waals surface area contributed by atoms with E-state index in [0.29, 0.717) is 5.92 Å². The van der Waals surface area contributed by atoms with Gasteiger partial charge in [0.15, 0.2) is 5.89 Å². The molecule has 0 N–H and O–H groups in total. The number of nitrogens with zero attached hydrogens (tertiary/aromatic N) is 5. The van der Waals surface area contributed by atoms with Crippen LogP contribution in [0.1, 0.15) is 60.9 Å². The van der Waals surface area contributed by atoms with Crippen molar-refractivity contribution in [1.29, 1.82) is 0 Å². The Morgan fingerprint density at radius 3 is 2.35 bits per heavy atom. The van der Waals surface area contributed by atoms with E-state index in [1.165, 1.54) is 37.7 Å². The number of benzene rings is 1. The molecule has 5 rings (SSSR count). The van der Waals surface area contributed by atoms with Crippen molar-refractivity contribution in [3.8, 4) is 0 Å². The summed E-state index contributed by atoms with van der Waals surface area (Å²) in [6.07, 6.45) is 10.8. The fourth-order valence-electron chi connectivity index (χ4n) is 4.74. The number of hydrogen-bond acceptors (Lipinski definition) is 6. The summed E-state index contributed by atoms with van der Waals surface area (Å²) in [6, 6.07) is 12.5. The molecule has 0 spiro atoms. The van der Waals surface area contributed by atoms with Crippen LogP contribution in [0.15, 0.2) is 53.2 Å². The third-order valence-corrected chi connectivity index (χ3v) is 6.54. The van der Waals surface area contributed by atoms with Crippen LogP contribution in [0.3, 0.4) is 0 Å². The average Bonchev–Trinajstić information content (AvgIpc) is 3.23. The first-order valence-corrected chi connectivity index (χ1v) is 11.6. The van der Waals surface area contributed by atoms with Crippen molar-refractivity contribution < 1.29 is 4.42 Å². The van der Waals surface area contributed by atoms with Gasteiger partial charge in [-0.2, -0.15) is 0 Å². The minimum atomic E-state index is 0.490. The molecular weight excluding hydrogens is 386 g/mol. The van der Waals surface area contributed by atoms with Gasteiger partial charge in [-0.05, 0) is 24.5 Å². The van der Waals surface area contributed by atoms with E-state index in [1.54, 1.807) is 0 Å². The van der Waals surface area contributed by atoms with Crippen molar-refractivity contribution in [1.82, 2.24) is 19.9 Å². The summed E-state index contributed by atoms with van der Waals surface area (Å²) in [4.78, 5) is 18.6. The maximum Gasteiger partial charge on any atom is 0.225 e. The predicted molar refractivity (Wildman–Crippen MR) is 121 cm³/mol. The summed E-state index contributed by atoms with van der Waals surface area (Å²) in [5.41, 5.74) is 2.40.